The molecule has 0 unspecified atom stereocenters. The third-order valence-corrected chi connectivity index (χ3v) is 6.03. The number of rotatable bonds is 7. The summed E-state index contributed by atoms with van der Waals surface area (Å²) in [6.07, 6.45) is 0. The molecule has 0 saturated heterocycles. The third-order valence-electron chi connectivity index (χ3n) is 4.78. The molecule has 0 bridgehead atoms. The van der Waals surface area contributed by atoms with Crippen LogP contribution in [-0.2, 0) is 14.8 Å². The van der Waals surface area contributed by atoms with E-state index in [1.54, 1.807) is 13.0 Å². The van der Waals surface area contributed by atoms with Crippen LogP contribution in [0.3, 0.4) is 0 Å². The molecule has 3 rings (SSSR count). The molecule has 32 heavy (non-hydrogen) atoms. The molecule has 2 amide bonds. The predicted octanol–water partition coefficient (Wildman–Crippen LogP) is 2.68. The van der Waals surface area contributed by atoms with Gasteiger partial charge in [0, 0.05) is 30.1 Å². The first-order valence-corrected chi connectivity index (χ1v) is 11.1. The standard InChI is InChI=1S/C22H24N4O5S/c1-14-12-19(15(2)26(14)17-8-6-5-7-9-17)22(28)24-25-32(29,30)18-10-11-20(23-16(3)27)21(13-18)31-4/h5-13,25H,1-4H3,(H,23,27)(H,24,28). The Morgan fingerprint density at radius 1 is 1.00 bits per heavy atom. The highest BCUT2D eigenvalue weighted by molar-refractivity contribution is 7.89. The first-order valence-electron chi connectivity index (χ1n) is 9.66. The fourth-order valence-corrected chi connectivity index (χ4v) is 4.19. The number of hydrogen-bond acceptors (Lipinski definition) is 5. The molecular weight excluding hydrogens is 432 g/mol. The number of hydrogen-bond donors (Lipinski definition) is 3. The number of nitrogens with one attached hydrogen (secondary N) is 3. The number of anilines is 1. The maximum absolute atomic E-state index is 12.7. The molecule has 0 spiro atoms. The van der Waals surface area contributed by atoms with E-state index in [0.29, 0.717) is 16.9 Å². The van der Waals surface area contributed by atoms with Crippen LogP contribution in [0.5, 0.6) is 5.75 Å². The molecule has 0 aliphatic rings. The van der Waals surface area contributed by atoms with Crippen LogP contribution in [0.25, 0.3) is 5.69 Å². The molecule has 0 saturated carbocycles. The second-order valence-electron chi connectivity index (χ2n) is 7.06. The van der Waals surface area contributed by atoms with E-state index in [1.807, 2.05) is 41.8 Å². The van der Waals surface area contributed by atoms with Crippen molar-refractivity contribution >= 4 is 27.5 Å². The van der Waals surface area contributed by atoms with Crippen LogP contribution in [-0.4, -0.2) is 31.9 Å². The fourth-order valence-electron chi connectivity index (χ4n) is 3.34. The van der Waals surface area contributed by atoms with Crippen LogP contribution in [0.2, 0.25) is 0 Å². The van der Waals surface area contributed by atoms with Crippen LogP contribution in [0.1, 0.15) is 28.7 Å². The van der Waals surface area contributed by atoms with Crippen molar-refractivity contribution in [1.29, 1.82) is 0 Å². The smallest absolute Gasteiger partial charge is 0.268 e. The first-order chi connectivity index (χ1) is 15.1. The molecule has 3 aromatic rings. The minimum absolute atomic E-state index is 0.140. The maximum atomic E-state index is 12.7. The number of carbonyl (C=O) groups excluding carboxylic acids is 2. The van der Waals surface area contributed by atoms with Gasteiger partial charge in [-0.25, -0.2) is 8.42 Å². The van der Waals surface area contributed by atoms with E-state index < -0.39 is 15.9 Å². The van der Waals surface area contributed by atoms with Gasteiger partial charge in [-0.3, -0.25) is 15.0 Å². The van der Waals surface area contributed by atoms with Gasteiger partial charge in [0.2, 0.25) is 5.91 Å². The van der Waals surface area contributed by atoms with Crippen molar-refractivity contribution in [3.8, 4) is 11.4 Å². The Labute approximate surface area is 186 Å². The lowest BCUT2D eigenvalue weighted by Gasteiger charge is -2.13. The molecule has 9 nitrogen and oxygen atoms in total. The number of carbonyl (C=O) groups is 2. The second-order valence-corrected chi connectivity index (χ2v) is 8.74. The van der Waals surface area contributed by atoms with E-state index in [4.69, 9.17) is 4.74 Å². The number of nitrogens with zero attached hydrogens (tertiary/aromatic N) is 1. The average Bonchev–Trinajstić information content (AvgIpc) is 3.06. The Balaban J connectivity index is 1.80. The molecule has 1 heterocycles. The van der Waals surface area contributed by atoms with Gasteiger partial charge >= 0.3 is 0 Å². The lowest BCUT2D eigenvalue weighted by Crippen LogP contribution is -2.41. The van der Waals surface area contributed by atoms with Gasteiger partial charge in [0.1, 0.15) is 5.75 Å². The highest BCUT2D eigenvalue weighted by Gasteiger charge is 2.21. The van der Waals surface area contributed by atoms with Crippen LogP contribution < -0.4 is 20.3 Å². The van der Waals surface area contributed by atoms with Crippen LogP contribution in [0, 0.1) is 13.8 Å². The summed E-state index contributed by atoms with van der Waals surface area (Å²) in [5.41, 5.74) is 5.33. The molecule has 3 N–H and O–H groups in total. The quantitative estimate of drug-likeness (QED) is 0.473. The van der Waals surface area contributed by atoms with Crippen LogP contribution in [0.4, 0.5) is 5.69 Å². The van der Waals surface area contributed by atoms with Gasteiger partial charge in [0.15, 0.2) is 0 Å². The van der Waals surface area contributed by atoms with E-state index in [2.05, 4.69) is 15.6 Å². The molecule has 0 fully saturated rings. The molecule has 0 aliphatic heterocycles. The van der Waals surface area contributed by atoms with Crippen LogP contribution >= 0.6 is 0 Å². The summed E-state index contributed by atoms with van der Waals surface area (Å²) < 4.78 is 32.4. The van der Waals surface area contributed by atoms with Crippen LogP contribution in [0.15, 0.2) is 59.5 Å². The van der Waals surface area contributed by atoms with Gasteiger partial charge in [-0.15, -0.1) is 4.83 Å². The highest BCUT2D eigenvalue weighted by atomic mass is 32.2. The zero-order valence-electron chi connectivity index (χ0n) is 18.1. The number of benzene rings is 2. The molecule has 1 aromatic heterocycles. The van der Waals surface area contributed by atoms with Gasteiger partial charge in [0.25, 0.3) is 15.9 Å². The van der Waals surface area contributed by atoms with Crippen molar-refractivity contribution < 1.29 is 22.7 Å². The monoisotopic (exact) mass is 456 g/mol. The Morgan fingerprint density at radius 2 is 1.69 bits per heavy atom. The molecule has 0 radical (unpaired) electrons. The molecule has 2 aromatic carbocycles. The van der Waals surface area contributed by atoms with Gasteiger partial charge in [0.05, 0.1) is 23.3 Å². The molecule has 10 heteroatoms. The zero-order valence-corrected chi connectivity index (χ0v) is 18.9. The summed E-state index contributed by atoms with van der Waals surface area (Å²) in [4.78, 5) is 25.9. The van der Waals surface area contributed by atoms with E-state index in [1.165, 1.54) is 32.2 Å². The van der Waals surface area contributed by atoms with Crippen molar-refractivity contribution in [1.82, 2.24) is 14.8 Å². The topological polar surface area (TPSA) is 119 Å². The molecule has 0 atom stereocenters. The largest absolute Gasteiger partial charge is 0.495 e. The summed E-state index contributed by atoms with van der Waals surface area (Å²) in [6, 6.07) is 15.2. The fraction of sp³-hybridized carbons (Fsp3) is 0.182. The van der Waals surface area contributed by atoms with Crippen molar-refractivity contribution in [3.05, 3.63) is 71.5 Å². The number of aromatic nitrogens is 1. The maximum Gasteiger partial charge on any atom is 0.268 e. The van der Waals surface area contributed by atoms with Gasteiger partial charge in [-0.2, -0.15) is 0 Å². The normalized spacial score (nSPS) is 11.1. The Bertz CT molecular complexity index is 1270. The van der Waals surface area contributed by atoms with Gasteiger partial charge in [-0.1, -0.05) is 18.2 Å². The Hall–Kier alpha value is -3.63. The third kappa shape index (κ3) is 4.82. The van der Waals surface area contributed by atoms with Gasteiger partial charge < -0.3 is 14.6 Å². The number of hydrazine groups is 1. The number of sulfonamides is 1. The number of amides is 2. The van der Waals surface area contributed by atoms with Crippen molar-refractivity contribution in [3.63, 3.8) is 0 Å². The first kappa shape index (κ1) is 23.0. The summed E-state index contributed by atoms with van der Waals surface area (Å²) in [5.74, 6) is -0.746. The Morgan fingerprint density at radius 3 is 2.31 bits per heavy atom. The van der Waals surface area contributed by atoms with Crippen molar-refractivity contribution in [2.45, 2.75) is 25.7 Å². The number of para-hydroxylation sites is 1. The summed E-state index contributed by atoms with van der Waals surface area (Å²) in [7, 11) is -2.74. The molecule has 168 valence electrons. The van der Waals surface area contributed by atoms with Crippen molar-refractivity contribution in [2.75, 3.05) is 12.4 Å². The van der Waals surface area contributed by atoms with E-state index in [9.17, 15) is 18.0 Å². The lowest BCUT2D eigenvalue weighted by atomic mass is 10.2. The van der Waals surface area contributed by atoms with E-state index >= 15 is 0 Å². The number of aryl methyl sites for hydroxylation is 1. The zero-order chi connectivity index (χ0) is 23.5. The molecular formula is C22H24N4O5S. The molecule has 0 aliphatic carbocycles. The highest BCUT2D eigenvalue weighted by Crippen LogP contribution is 2.27. The predicted molar refractivity (Wildman–Crippen MR) is 120 cm³/mol. The van der Waals surface area contributed by atoms with Crippen molar-refractivity contribution in [2.24, 2.45) is 0 Å². The summed E-state index contributed by atoms with van der Waals surface area (Å²) in [5, 5.41) is 2.55. The van der Waals surface area contributed by atoms with E-state index in [-0.39, 0.29) is 16.6 Å². The second kappa shape index (κ2) is 9.25. The summed E-state index contributed by atoms with van der Waals surface area (Å²) in [6.45, 7) is 4.98. The number of ether oxygens (including phenoxy) is 1. The lowest BCUT2D eigenvalue weighted by molar-refractivity contribution is -0.114. The minimum atomic E-state index is -4.09. The number of methoxy groups -OCH3 is 1. The average molecular weight is 457 g/mol. The Kier molecular flexibility index (Phi) is 6.66. The SMILES string of the molecule is COc1cc(S(=O)(=O)NNC(=O)c2cc(C)n(-c3ccccc3)c2C)ccc1NC(C)=O. The van der Waals surface area contributed by atoms with Gasteiger partial charge in [-0.05, 0) is 44.2 Å². The van der Waals surface area contributed by atoms with E-state index in [0.717, 1.165) is 11.4 Å². The minimum Gasteiger partial charge on any atom is -0.495 e. The summed E-state index contributed by atoms with van der Waals surface area (Å²) >= 11 is 0.